The highest BCUT2D eigenvalue weighted by atomic mass is 35.5. The minimum Gasteiger partial charge on any atom is -0.400 e. The zero-order valence-electron chi connectivity index (χ0n) is 22.8. The van der Waals surface area contributed by atoms with Gasteiger partial charge in [-0.05, 0) is 65.3 Å². The topological polar surface area (TPSA) is 47.3 Å². The Morgan fingerprint density at radius 3 is 2.45 bits per heavy atom. The van der Waals surface area contributed by atoms with Gasteiger partial charge in [0.05, 0.1) is 17.3 Å². The Hall–Kier alpha value is -3.06. The van der Waals surface area contributed by atoms with Crippen LogP contribution in [0.2, 0.25) is 10.0 Å². The van der Waals surface area contributed by atoms with E-state index in [0.29, 0.717) is 23.2 Å². The molecule has 40 heavy (non-hydrogen) atoms. The van der Waals surface area contributed by atoms with Gasteiger partial charge < -0.3 is 14.4 Å². The summed E-state index contributed by atoms with van der Waals surface area (Å²) >= 11 is 14.5. The maximum Gasteiger partial charge on any atom is 0.140 e. The van der Waals surface area contributed by atoms with Crippen molar-refractivity contribution in [3.05, 3.63) is 118 Å². The van der Waals surface area contributed by atoms with E-state index < -0.39 is 0 Å². The van der Waals surface area contributed by atoms with Crippen LogP contribution in [0.1, 0.15) is 6.42 Å². The van der Waals surface area contributed by atoms with Crippen LogP contribution in [0.15, 0.2) is 113 Å². The number of methoxy groups -OCH3 is 1. The fourth-order valence-corrected chi connectivity index (χ4v) is 5.48. The maximum atomic E-state index is 7.00. The normalized spacial score (nSPS) is 12.8. The molecule has 206 valence electrons. The Bertz CT molecular complexity index is 1540. The zero-order chi connectivity index (χ0) is 28.5. The largest absolute Gasteiger partial charge is 0.400 e. The minimum atomic E-state index is 0.585. The van der Waals surface area contributed by atoms with E-state index in [1.165, 1.54) is 21.6 Å². The van der Waals surface area contributed by atoms with Crippen LogP contribution in [0.5, 0.6) is 0 Å². The average molecular weight is 592 g/mol. The van der Waals surface area contributed by atoms with E-state index in [1.807, 2.05) is 12.1 Å². The van der Waals surface area contributed by atoms with Gasteiger partial charge in [-0.15, -0.1) is 11.8 Å². The number of aliphatic hydroxyl groups excluding tert-OH is 1. The maximum absolute atomic E-state index is 7.00. The molecule has 0 fully saturated rings. The van der Waals surface area contributed by atoms with Crippen molar-refractivity contribution in [2.75, 3.05) is 27.1 Å². The van der Waals surface area contributed by atoms with E-state index >= 15 is 0 Å². The van der Waals surface area contributed by atoms with Crippen LogP contribution >= 0.6 is 35.0 Å². The smallest absolute Gasteiger partial charge is 0.140 e. The lowest BCUT2D eigenvalue weighted by molar-refractivity contribution is 0.228. The molecule has 7 heteroatoms. The highest BCUT2D eigenvalue weighted by Gasteiger charge is 2.16. The van der Waals surface area contributed by atoms with E-state index in [2.05, 4.69) is 89.9 Å². The molecule has 1 aromatic heterocycles. The second-order valence-electron chi connectivity index (χ2n) is 9.12. The fourth-order valence-electron chi connectivity index (χ4n) is 4.52. The van der Waals surface area contributed by atoms with Gasteiger partial charge in [0.2, 0.25) is 0 Å². The number of hydrogen-bond donors (Lipinski definition) is 1. The third-order valence-electron chi connectivity index (χ3n) is 6.46. The van der Waals surface area contributed by atoms with Crippen molar-refractivity contribution in [1.29, 1.82) is 0 Å². The molecule has 0 amide bonds. The molecular formula is C33H32Cl2N2O2S. The van der Waals surface area contributed by atoms with Crippen molar-refractivity contribution < 1.29 is 9.84 Å². The quantitative estimate of drug-likeness (QED) is 0.208. The number of aromatic nitrogens is 2. The summed E-state index contributed by atoms with van der Waals surface area (Å²) < 4.78 is 7.51. The fraction of sp³-hybridized carbons (Fsp3) is 0.182. The predicted octanol–water partition coefficient (Wildman–Crippen LogP) is 8.98. The summed E-state index contributed by atoms with van der Waals surface area (Å²) in [4.78, 5) is 6.31. The molecule has 0 radical (unpaired) electrons. The van der Waals surface area contributed by atoms with E-state index in [1.54, 1.807) is 24.9 Å². The number of ether oxygens (including phenoxy) is 1. The summed E-state index contributed by atoms with van der Waals surface area (Å²) in [5, 5.41) is 8.19. The average Bonchev–Trinajstić information content (AvgIpc) is 3.26. The molecule has 0 saturated heterocycles. The third-order valence-corrected chi connectivity index (χ3v) is 7.73. The van der Waals surface area contributed by atoms with Crippen molar-refractivity contribution in [3.8, 4) is 33.8 Å². The third kappa shape index (κ3) is 7.36. The van der Waals surface area contributed by atoms with Gasteiger partial charge in [-0.3, -0.25) is 0 Å². The molecule has 0 spiro atoms. The van der Waals surface area contributed by atoms with Gasteiger partial charge in [-0.1, -0.05) is 83.9 Å². The van der Waals surface area contributed by atoms with Crippen molar-refractivity contribution in [2.45, 2.75) is 17.9 Å². The zero-order valence-corrected chi connectivity index (χ0v) is 25.1. The second-order valence-corrected chi connectivity index (χ2v) is 10.8. The minimum absolute atomic E-state index is 0.585. The van der Waals surface area contributed by atoms with Crippen molar-refractivity contribution in [2.24, 2.45) is 0 Å². The molecule has 0 unspecified atom stereocenters. The van der Waals surface area contributed by atoms with Crippen molar-refractivity contribution >= 4 is 35.0 Å². The molecule has 4 nitrogen and oxygen atoms in total. The van der Waals surface area contributed by atoms with Crippen LogP contribution in [0.25, 0.3) is 33.8 Å². The highest BCUT2D eigenvalue weighted by molar-refractivity contribution is 7.98. The molecule has 3 aromatic carbocycles. The number of rotatable bonds is 8. The first-order valence-electron chi connectivity index (χ1n) is 12.8. The molecule has 1 aliphatic rings. The van der Waals surface area contributed by atoms with Crippen LogP contribution in [-0.2, 0) is 11.3 Å². The van der Waals surface area contributed by atoms with E-state index in [0.717, 1.165) is 41.7 Å². The Balaban J connectivity index is 0.00000181. The molecule has 1 heterocycles. The summed E-state index contributed by atoms with van der Waals surface area (Å²) in [5.74, 6) is 0.894. The Morgan fingerprint density at radius 1 is 0.950 bits per heavy atom. The van der Waals surface area contributed by atoms with Gasteiger partial charge in [-0.2, -0.15) is 0 Å². The molecule has 4 aromatic rings. The Kier molecular flexibility index (Phi) is 10.9. The highest BCUT2D eigenvalue weighted by Crippen LogP contribution is 2.33. The number of aliphatic hydroxyl groups is 1. The SMILES string of the molecule is CO.COCC1=CC=C(Cn2cc(-c3ccc(Cl)cc3Cl)nc2-c2ccc(-c3cccc(SC)c3)cc2)CC=C1. The monoisotopic (exact) mass is 590 g/mol. The van der Waals surface area contributed by atoms with Gasteiger partial charge in [0.15, 0.2) is 0 Å². The second kappa shape index (κ2) is 14.5. The van der Waals surface area contributed by atoms with Gasteiger partial charge in [-0.25, -0.2) is 4.98 Å². The van der Waals surface area contributed by atoms with Crippen molar-refractivity contribution in [1.82, 2.24) is 9.55 Å². The Labute approximate surface area is 250 Å². The first-order valence-corrected chi connectivity index (χ1v) is 14.8. The molecule has 0 bridgehead atoms. The van der Waals surface area contributed by atoms with Crippen LogP contribution in [0.3, 0.4) is 0 Å². The summed E-state index contributed by atoms with van der Waals surface area (Å²) in [6.07, 6.45) is 13.7. The van der Waals surface area contributed by atoms with Gasteiger partial charge in [0.25, 0.3) is 0 Å². The first kappa shape index (κ1) is 29.9. The van der Waals surface area contributed by atoms with Gasteiger partial charge in [0, 0.05) is 48.0 Å². The number of allylic oxidation sites excluding steroid dienone is 4. The number of imidazole rings is 1. The summed E-state index contributed by atoms with van der Waals surface area (Å²) in [5.41, 5.74) is 7.54. The number of nitrogens with zero attached hydrogens (tertiary/aromatic N) is 2. The molecule has 0 aliphatic heterocycles. The summed E-state index contributed by atoms with van der Waals surface area (Å²) in [6, 6.07) is 22.7. The van der Waals surface area contributed by atoms with Crippen LogP contribution in [0, 0.1) is 0 Å². The molecule has 0 atom stereocenters. The van der Waals surface area contributed by atoms with Crippen LogP contribution in [-0.4, -0.2) is 41.7 Å². The lowest BCUT2D eigenvalue weighted by Gasteiger charge is -2.11. The Morgan fingerprint density at radius 2 is 1.73 bits per heavy atom. The number of thioether (sulfide) groups is 1. The lowest BCUT2D eigenvalue weighted by Crippen LogP contribution is -2.02. The van der Waals surface area contributed by atoms with E-state index in [-0.39, 0.29) is 0 Å². The van der Waals surface area contributed by atoms with Gasteiger partial charge in [0.1, 0.15) is 5.82 Å². The summed E-state index contributed by atoms with van der Waals surface area (Å²) in [7, 11) is 2.72. The summed E-state index contributed by atoms with van der Waals surface area (Å²) in [6.45, 7) is 1.31. The first-order chi connectivity index (χ1) is 19.5. The molecular weight excluding hydrogens is 559 g/mol. The van der Waals surface area contributed by atoms with E-state index in [9.17, 15) is 0 Å². The van der Waals surface area contributed by atoms with Gasteiger partial charge >= 0.3 is 0 Å². The van der Waals surface area contributed by atoms with Crippen molar-refractivity contribution in [3.63, 3.8) is 0 Å². The number of halogens is 2. The predicted molar refractivity (Wildman–Crippen MR) is 170 cm³/mol. The molecule has 1 aliphatic carbocycles. The molecule has 1 N–H and O–H groups in total. The van der Waals surface area contributed by atoms with Crippen LogP contribution in [0.4, 0.5) is 0 Å². The van der Waals surface area contributed by atoms with E-state index in [4.69, 9.17) is 38.0 Å². The lowest BCUT2D eigenvalue weighted by atomic mass is 10.0. The molecule has 0 saturated carbocycles. The number of benzene rings is 3. The number of hydrogen-bond acceptors (Lipinski definition) is 4. The standard InChI is InChI=1S/C32H28Cl2N2OS.CH4O/c1-37-21-23-6-3-5-22(9-10-23)19-36-20-31(29-16-15-27(33)18-30(29)34)35-32(36)25-13-11-24(12-14-25)26-7-4-8-28(17-26)38-2;1-2/h3-4,6-18,20H,5,19,21H2,1-2H3;2H,1H3. The molecule has 5 rings (SSSR count). The van der Waals surface area contributed by atoms with Crippen LogP contribution < -0.4 is 0 Å².